The molecule has 1 aromatic heterocycles. The van der Waals surface area contributed by atoms with Crippen molar-refractivity contribution in [1.82, 2.24) is 4.98 Å². The van der Waals surface area contributed by atoms with Crippen LogP contribution in [0.3, 0.4) is 0 Å². The van der Waals surface area contributed by atoms with Crippen molar-refractivity contribution in [2.24, 2.45) is 0 Å². The number of carboxylic acid groups (broad SMARTS) is 1. The van der Waals surface area contributed by atoms with Crippen LogP contribution in [0.15, 0.2) is 18.4 Å². The maximum atomic E-state index is 11.1. The third-order valence-electron chi connectivity index (χ3n) is 4.19. The van der Waals surface area contributed by atoms with E-state index in [0.29, 0.717) is 5.56 Å². The van der Waals surface area contributed by atoms with Crippen molar-refractivity contribution in [2.45, 2.75) is 45.8 Å². The van der Waals surface area contributed by atoms with Crippen molar-refractivity contribution in [1.29, 1.82) is 0 Å². The van der Waals surface area contributed by atoms with E-state index in [0.717, 1.165) is 5.56 Å². The highest BCUT2D eigenvalue weighted by Crippen LogP contribution is 2.37. The molecule has 2 rings (SSSR count). The fourth-order valence-electron chi connectivity index (χ4n) is 2.07. The van der Waals surface area contributed by atoms with E-state index >= 15 is 0 Å². The minimum Gasteiger partial charge on any atom is -0.478 e. The minimum atomic E-state index is -0.981. The molecule has 2 heterocycles. The van der Waals surface area contributed by atoms with E-state index in [4.69, 9.17) is 14.4 Å². The molecule has 6 heteroatoms. The zero-order valence-electron chi connectivity index (χ0n) is 13.0. The Labute approximate surface area is 125 Å². The summed E-state index contributed by atoms with van der Waals surface area (Å²) in [4.78, 5) is 15.0. The van der Waals surface area contributed by atoms with Crippen LogP contribution in [0.2, 0.25) is 0 Å². The third kappa shape index (κ3) is 3.01. The van der Waals surface area contributed by atoms with E-state index < -0.39 is 24.3 Å². The molecule has 0 radical (unpaired) electrons. The van der Waals surface area contributed by atoms with E-state index in [-0.39, 0.29) is 5.56 Å². The second kappa shape index (κ2) is 5.28. The second-order valence-electron chi connectivity index (χ2n) is 6.19. The van der Waals surface area contributed by atoms with Crippen molar-refractivity contribution in [2.75, 3.05) is 0 Å². The summed E-state index contributed by atoms with van der Waals surface area (Å²) in [5.41, 5.74) is 0.831. The van der Waals surface area contributed by atoms with Gasteiger partial charge < -0.3 is 14.4 Å². The van der Waals surface area contributed by atoms with Gasteiger partial charge in [0.05, 0.1) is 16.8 Å². The lowest BCUT2D eigenvalue weighted by Crippen LogP contribution is -2.41. The standard InChI is InChI=1S/C15H20BNO4/c1-10-11(8-17-9-12(10)13(18)19)6-7-16-20-14(2,3)15(4,5)21-16/h6-9H,1-5H3,(H,18,19)/b7-6+. The summed E-state index contributed by atoms with van der Waals surface area (Å²) < 4.78 is 11.7. The van der Waals surface area contributed by atoms with Crippen LogP contribution in [0.5, 0.6) is 0 Å². The first-order chi connectivity index (χ1) is 9.64. The molecule has 0 unspecified atom stereocenters. The normalized spacial score (nSPS) is 20.1. The predicted octanol–water partition coefficient (Wildman–Crippen LogP) is 2.73. The van der Waals surface area contributed by atoms with Gasteiger partial charge in [-0.05, 0) is 45.7 Å². The van der Waals surface area contributed by atoms with Crippen molar-refractivity contribution in [3.05, 3.63) is 35.1 Å². The average Bonchev–Trinajstić information content (AvgIpc) is 2.56. The molecule has 0 bridgehead atoms. The summed E-state index contributed by atoms with van der Waals surface area (Å²) in [5, 5.41) is 9.09. The molecular weight excluding hydrogens is 269 g/mol. The van der Waals surface area contributed by atoms with Gasteiger partial charge in [0.15, 0.2) is 0 Å². The highest BCUT2D eigenvalue weighted by Gasteiger charge is 2.49. The highest BCUT2D eigenvalue weighted by molar-refractivity contribution is 6.52. The van der Waals surface area contributed by atoms with Gasteiger partial charge in [-0.3, -0.25) is 4.98 Å². The first-order valence-electron chi connectivity index (χ1n) is 6.86. The molecule has 1 aliphatic rings. The SMILES string of the molecule is Cc1c(/C=C/B2OC(C)(C)C(C)(C)O2)cncc1C(=O)O. The number of aromatic carboxylic acids is 1. The summed E-state index contributed by atoms with van der Waals surface area (Å²) in [6, 6.07) is 0. The molecule has 1 aliphatic heterocycles. The quantitative estimate of drug-likeness (QED) is 0.866. The highest BCUT2D eigenvalue weighted by atomic mass is 16.7. The van der Waals surface area contributed by atoms with E-state index in [1.54, 1.807) is 25.2 Å². The number of rotatable bonds is 3. The van der Waals surface area contributed by atoms with Gasteiger partial charge >= 0.3 is 13.1 Å². The number of hydrogen-bond acceptors (Lipinski definition) is 4. The largest absolute Gasteiger partial charge is 0.487 e. The van der Waals surface area contributed by atoms with E-state index in [9.17, 15) is 4.79 Å². The zero-order valence-corrected chi connectivity index (χ0v) is 13.0. The van der Waals surface area contributed by atoms with Gasteiger partial charge in [-0.15, -0.1) is 0 Å². The molecule has 1 aromatic rings. The lowest BCUT2D eigenvalue weighted by Gasteiger charge is -2.32. The van der Waals surface area contributed by atoms with Gasteiger partial charge in [0, 0.05) is 12.4 Å². The molecule has 0 spiro atoms. The Bertz CT molecular complexity index is 579. The molecule has 0 saturated carbocycles. The lowest BCUT2D eigenvalue weighted by atomic mass is 9.88. The molecule has 0 amide bonds. The monoisotopic (exact) mass is 289 g/mol. The van der Waals surface area contributed by atoms with Crippen LogP contribution >= 0.6 is 0 Å². The molecule has 21 heavy (non-hydrogen) atoms. The Kier molecular flexibility index (Phi) is 3.95. The smallest absolute Gasteiger partial charge is 0.478 e. The van der Waals surface area contributed by atoms with Gasteiger partial charge in [0.2, 0.25) is 0 Å². The molecule has 0 atom stereocenters. The van der Waals surface area contributed by atoms with Crippen LogP contribution in [-0.2, 0) is 9.31 Å². The third-order valence-corrected chi connectivity index (χ3v) is 4.19. The Morgan fingerprint density at radius 2 is 1.81 bits per heavy atom. The molecule has 1 fully saturated rings. The van der Waals surface area contributed by atoms with Crippen LogP contribution in [0.25, 0.3) is 6.08 Å². The van der Waals surface area contributed by atoms with E-state index in [1.165, 1.54) is 6.20 Å². The van der Waals surface area contributed by atoms with Crippen LogP contribution in [0.4, 0.5) is 0 Å². The summed E-state index contributed by atoms with van der Waals surface area (Å²) in [7, 11) is -0.456. The molecule has 5 nitrogen and oxygen atoms in total. The van der Waals surface area contributed by atoms with Crippen molar-refractivity contribution in [3.8, 4) is 0 Å². The number of hydrogen-bond donors (Lipinski definition) is 1. The van der Waals surface area contributed by atoms with Crippen LogP contribution in [0, 0.1) is 6.92 Å². The maximum absolute atomic E-state index is 11.1. The first kappa shape index (κ1) is 15.7. The minimum absolute atomic E-state index is 0.200. The number of aromatic nitrogens is 1. The fraction of sp³-hybridized carbons (Fsp3) is 0.467. The number of nitrogens with zero attached hydrogens (tertiary/aromatic N) is 1. The number of carbonyl (C=O) groups is 1. The van der Waals surface area contributed by atoms with Crippen molar-refractivity contribution >= 4 is 19.2 Å². The fourth-order valence-corrected chi connectivity index (χ4v) is 2.07. The lowest BCUT2D eigenvalue weighted by molar-refractivity contribution is 0.00578. The maximum Gasteiger partial charge on any atom is 0.487 e. The van der Waals surface area contributed by atoms with E-state index in [2.05, 4.69) is 4.98 Å². The summed E-state index contributed by atoms with van der Waals surface area (Å²) in [6.07, 6.45) is 4.77. The average molecular weight is 289 g/mol. The summed E-state index contributed by atoms with van der Waals surface area (Å²) in [5.74, 6) is 0.803. The Morgan fingerprint density at radius 3 is 2.33 bits per heavy atom. The van der Waals surface area contributed by atoms with Crippen molar-refractivity contribution < 1.29 is 19.2 Å². The number of pyridine rings is 1. The van der Waals surface area contributed by atoms with Crippen LogP contribution < -0.4 is 0 Å². The predicted molar refractivity (Wildman–Crippen MR) is 81.0 cm³/mol. The molecule has 1 saturated heterocycles. The van der Waals surface area contributed by atoms with Crippen molar-refractivity contribution in [3.63, 3.8) is 0 Å². The van der Waals surface area contributed by atoms with Gasteiger partial charge in [-0.25, -0.2) is 4.79 Å². The molecule has 112 valence electrons. The number of carboxylic acids is 1. The van der Waals surface area contributed by atoms with Gasteiger partial charge in [0.1, 0.15) is 0 Å². The van der Waals surface area contributed by atoms with Gasteiger partial charge in [-0.1, -0.05) is 12.1 Å². The molecule has 1 N–H and O–H groups in total. The van der Waals surface area contributed by atoms with Gasteiger partial charge in [-0.2, -0.15) is 0 Å². The van der Waals surface area contributed by atoms with E-state index in [1.807, 2.05) is 27.7 Å². The summed E-state index contributed by atoms with van der Waals surface area (Å²) in [6.45, 7) is 9.70. The Balaban J connectivity index is 2.20. The topological polar surface area (TPSA) is 68.7 Å². The Hall–Kier alpha value is -1.66. The Morgan fingerprint density at radius 1 is 1.24 bits per heavy atom. The molecule has 0 aromatic carbocycles. The zero-order chi connectivity index (χ0) is 15.8. The van der Waals surface area contributed by atoms with Crippen LogP contribution in [-0.4, -0.2) is 34.4 Å². The first-order valence-corrected chi connectivity index (χ1v) is 6.86. The van der Waals surface area contributed by atoms with Crippen LogP contribution in [0.1, 0.15) is 49.2 Å². The van der Waals surface area contributed by atoms with Gasteiger partial charge in [0.25, 0.3) is 0 Å². The summed E-state index contributed by atoms with van der Waals surface area (Å²) >= 11 is 0. The second-order valence-corrected chi connectivity index (χ2v) is 6.19. The molecule has 0 aliphatic carbocycles. The molecular formula is C15H20BNO4.